The maximum Gasteiger partial charge on any atom is 0.247 e. The lowest BCUT2D eigenvalue weighted by atomic mass is 9.55. The number of carbonyl (C=O) groups is 3. The van der Waals surface area contributed by atoms with Crippen LogP contribution in [-0.2, 0) is 14.4 Å². The van der Waals surface area contributed by atoms with Gasteiger partial charge in [0.1, 0.15) is 6.04 Å². The number of imide groups is 1. The van der Waals surface area contributed by atoms with Gasteiger partial charge in [-0.3, -0.25) is 19.3 Å². The van der Waals surface area contributed by atoms with E-state index in [0.717, 1.165) is 22.3 Å². The summed E-state index contributed by atoms with van der Waals surface area (Å²) in [6.07, 6.45) is 2.35. The zero-order chi connectivity index (χ0) is 25.0. The van der Waals surface area contributed by atoms with Crippen molar-refractivity contribution in [1.29, 1.82) is 0 Å². The number of nitrogens with one attached hydrogen (secondary N) is 1. The Balaban J connectivity index is 1.39. The molecule has 5 nitrogen and oxygen atoms in total. The third kappa shape index (κ3) is 3.50. The lowest BCUT2D eigenvalue weighted by molar-refractivity contribution is -0.146. The summed E-state index contributed by atoms with van der Waals surface area (Å²) in [5.41, 5.74) is 5.07. The van der Waals surface area contributed by atoms with Gasteiger partial charge in [-0.05, 0) is 64.9 Å². The van der Waals surface area contributed by atoms with Crippen molar-refractivity contribution in [3.05, 3.63) is 100 Å². The number of hydrogen-bond acceptors (Lipinski definition) is 4. The van der Waals surface area contributed by atoms with E-state index < -0.39 is 17.9 Å². The Morgan fingerprint density at radius 2 is 1.33 bits per heavy atom. The lowest BCUT2D eigenvalue weighted by Gasteiger charge is -2.45. The molecule has 3 aromatic rings. The molecule has 3 atom stereocenters. The second-order valence-corrected chi connectivity index (χ2v) is 11.0. The molecule has 7 rings (SSSR count). The molecule has 3 amide bonds. The number of thioether (sulfide) groups is 1. The molecule has 182 valence electrons. The van der Waals surface area contributed by atoms with Gasteiger partial charge in [0.2, 0.25) is 17.7 Å². The molecule has 0 unspecified atom stereocenters. The van der Waals surface area contributed by atoms with Crippen LogP contribution in [0.1, 0.15) is 40.5 Å². The molecule has 3 aromatic carbocycles. The second kappa shape index (κ2) is 9.09. The van der Waals surface area contributed by atoms with Crippen LogP contribution in [0.2, 0.25) is 5.02 Å². The van der Waals surface area contributed by atoms with Gasteiger partial charge in [0, 0.05) is 22.5 Å². The number of amides is 3. The van der Waals surface area contributed by atoms with Crippen molar-refractivity contribution in [1.82, 2.24) is 4.90 Å². The molecule has 2 bridgehead atoms. The SMILES string of the molecule is CSCC[C@H](C(=O)Nc1ccc(Cl)cc1)N1C(=O)[C@@H]2C3c4ccccc4C(c4ccccc43)[C@H]2C1=O. The number of nitrogens with zero attached hydrogens (tertiary/aromatic N) is 1. The fraction of sp³-hybridized carbons (Fsp3) is 0.276. The highest BCUT2D eigenvalue weighted by atomic mass is 35.5. The molecular weight excluding hydrogens is 492 g/mol. The molecule has 1 fully saturated rings. The van der Waals surface area contributed by atoms with Gasteiger partial charge in [-0.1, -0.05) is 60.1 Å². The first-order valence-electron chi connectivity index (χ1n) is 12.1. The molecule has 0 spiro atoms. The summed E-state index contributed by atoms with van der Waals surface area (Å²) in [5.74, 6) is -1.53. The number of benzene rings is 3. The third-order valence-electron chi connectivity index (χ3n) is 7.80. The van der Waals surface area contributed by atoms with Crippen LogP contribution in [-0.4, -0.2) is 40.7 Å². The first kappa shape index (κ1) is 23.3. The summed E-state index contributed by atoms with van der Waals surface area (Å²) >= 11 is 7.58. The van der Waals surface area contributed by atoms with Gasteiger partial charge in [-0.15, -0.1) is 0 Å². The fourth-order valence-electron chi connectivity index (χ4n) is 6.37. The van der Waals surface area contributed by atoms with E-state index in [1.165, 1.54) is 4.90 Å². The summed E-state index contributed by atoms with van der Waals surface area (Å²) in [6.45, 7) is 0. The van der Waals surface area contributed by atoms with Gasteiger partial charge in [0.15, 0.2) is 0 Å². The maximum absolute atomic E-state index is 14.1. The van der Waals surface area contributed by atoms with Crippen molar-refractivity contribution in [2.45, 2.75) is 24.3 Å². The minimum absolute atomic E-state index is 0.186. The van der Waals surface area contributed by atoms with E-state index >= 15 is 0 Å². The first-order chi connectivity index (χ1) is 17.5. The highest BCUT2D eigenvalue weighted by Gasteiger charge is 2.62. The number of likely N-dealkylation sites (tertiary alicyclic amines) is 1. The lowest BCUT2D eigenvalue weighted by Crippen LogP contribution is -2.48. The Bertz CT molecular complexity index is 1260. The Hall–Kier alpha value is -3.09. The predicted octanol–water partition coefficient (Wildman–Crippen LogP) is 5.29. The number of halogens is 1. The standard InChI is InChI=1S/C29H25ClN2O3S/c1-36-15-14-22(27(33)31-17-12-10-16(30)11-13-17)32-28(34)25-23-18-6-2-3-7-19(18)24(26(25)29(32)35)21-9-5-4-8-20(21)23/h2-13,22-26H,14-15H2,1H3,(H,31,33)/t22-,23?,24?,25-,26-/m1/s1. The molecule has 0 saturated carbocycles. The number of hydrogen-bond donors (Lipinski definition) is 1. The molecule has 36 heavy (non-hydrogen) atoms. The summed E-state index contributed by atoms with van der Waals surface area (Å²) in [5, 5.41) is 3.46. The van der Waals surface area contributed by atoms with E-state index in [1.807, 2.05) is 30.5 Å². The van der Waals surface area contributed by atoms with Gasteiger partial charge in [-0.25, -0.2) is 0 Å². The van der Waals surface area contributed by atoms with Crippen molar-refractivity contribution in [2.75, 3.05) is 17.3 Å². The highest BCUT2D eigenvalue weighted by Crippen LogP contribution is 2.61. The zero-order valence-corrected chi connectivity index (χ0v) is 21.3. The molecule has 0 aromatic heterocycles. The Kier molecular flexibility index (Phi) is 5.89. The van der Waals surface area contributed by atoms with E-state index in [4.69, 9.17) is 11.6 Å². The second-order valence-electron chi connectivity index (χ2n) is 9.60. The van der Waals surface area contributed by atoms with Gasteiger partial charge < -0.3 is 5.32 Å². The summed E-state index contributed by atoms with van der Waals surface area (Å²) in [7, 11) is 0. The van der Waals surface area contributed by atoms with E-state index in [0.29, 0.717) is 22.9 Å². The van der Waals surface area contributed by atoms with E-state index in [-0.39, 0.29) is 29.6 Å². The molecule has 1 heterocycles. The van der Waals surface area contributed by atoms with Crippen LogP contribution in [0.3, 0.4) is 0 Å². The predicted molar refractivity (Wildman–Crippen MR) is 142 cm³/mol. The number of carbonyl (C=O) groups excluding carboxylic acids is 3. The molecular formula is C29H25ClN2O3S. The van der Waals surface area contributed by atoms with Crippen molar-refractivity contribution in [2.24, 2.45) is 11.8 Å². The van der Waals surface area contributed by atoms with E-state index in [1.54, 1.807) is 36.0 Å². The topological polar surface area (TPSA) is 66.5 Å². The quantitative estimate of drug-likeness (QED) is 0.452. The van der Waals surface area contributed by atoms with Crippen LogP contribution >= 0.6 is 23.4 Å². The maximum atomic E-state index is 14.1. The van der Waals surface area contributed by atoms with Crippen LogP contribution in [0.4, 0.5) is 5.69 Å². The largest absolute Gasteiger partial charge is 0.324 e. The summed E-state index contributed by atoms with van der Waals surface area (Å²) in [6, 6.07) is 22.3. The van der Waals surface area contributed by atoms with Crippen LogP contribution in [0.25, 0.3) is 0 Å². The van der Waals surface area contributed by atoms with Gasteiger partial charge in [0.25, 0.3) is 0 Å². The normalized spacial score (nSPS) is 24.2. The van der Waals surface area contributed by atoms with Crippen molar-refractivity contribution in [3.63, 3.8) is 0 Å². The molecule has 0 radical (unpaired) electrons. The average molecular weight is 517 g/mol. The first-order valence-corrected chi connectivity index (χ1v) is 13.9. The summed E-state index contributed by atoms with van der Waals surface area (Å²) < 4.78 is 0. The molecule has 1 saturated heterocycles. The van der Waals surface area contributed by atoms with Crippen LogP contribution in [0, 0.1) is 11.8 Å². The van der Waals surface area contributed by atoms with Crippen LogP contribution in [0.5, 0.6) is 0 Å². The van der Waals surface area contributed by atoms with Gasteiger partial charge in [0.05, 0.1) is 11.8 Å². The fourth-order valence-corrected chi connectivity index (χ4v) is 6.96. The van der Waals surface area contributed by atoms with Crippen LogP contribution < -0.4 is 5.32 Å². The summed E-state index contributed by atoms with van der Waals surface area (Å²) in [4.78, 5) is 42.9. The minimum Gasteiger partial charge on any atom is -0.324 e. The van der Waals surface area contributed by atoms with E-state index in [9.17, 15) is 14.4 Å². The van der Waals surface area contributed by atoms with Crippen molar-refractivity contribution in [3.8, 4) is 0 Å². The van der Waals surface area contributed by atoms with Crippen molar-refractivity contribution < 1.29 is 14.4 Å². The number of rotatable bonds is 6. The van der Waals surface area contributed by atoms with Crippen molar-refractivity contribution >= 4 is 46.8 Å². The molecule has 3 aliphatic carbocycles. The smallest absolute Gasteiger partial charge is 0.247 e. The number of anilines is 1. The average Bonchev–Trinajstić information content (AvgIpc) is 3.16. The molecule has 7 heteroatoms. The molecule has 1 N–H and O–H groups in total. The van der Waals surface area contributed by atoms with Gasteiger partial charge in [-0.2, -0.15) is 11.8 Å². The van der Waals surface area contributed by atoms with Crippen LogP contribution in [0.15, 0.2) is 72.8 Å². The Morgan fingerprint density at radius 3 is 1.78 bits per heavy atom. The van der Waals surface area contributed by atoms with E-state index in [2.05, 4.69) is 29.6 Å². The minimum atomic E-state index is -0.871. The highest BCUT2D eigenvalue weighted by molar-refractivity contribution is 7.98. The zero-order valence-electron chi connectivity index (χ0n) is 19.7. The molecule has 1 aliphatic heterocycles. The Morgan fingerprint density at radius 1 is 0.861 bits per heavy atom. The van der Waals surface area contributed by atoms with Gasteiger partial charge >= 0.3 is 0 Å². The Labute approximate surface area is 219 Å². The third-order valence-corrected chi connectivity index (χ3v) is 8.70. The monoisotopic (exact) mass is 516 g/mol. The molecule has 4 aliphatic rings.